The number of aliphatic hydroxyl groups excluding tert-OH is 1. The molecule has 0 aliphatic rings. The molecule has 0 bridgehead atoms. The van der Waals surface area contributed by atoms with Crippen molar-refractivity contribution in [2.45, 2.75) is 6.42 Å². The molecule has 1 aromatic carbocycles. The van der Waals surface area contributed by atoms with E-state index >= 15 is 0 Å². The maximum Gasteiger partial charge on any atom is 0.225 e. The maximum atomic E-state index is 11.6. The molecule has 1 amide bonds. The van der Waals surface area contributed by atoms with E-state index in [-0.39, 0.29) is 12.5 Å². The third-order valence-corrected chi connectivity index (χ3v) is 3.44. The van der Waals surface area contributed by atoms with E-state index in [1.807, 2.05) is 0 Å². The molecule has 0 atom stereocenters. The maximum absolute atomic E-state index is 11.6. The average molecular weight is 294 g/mol. The molecule has 2 N–H and O–H groups in total. The molecule has 3 nitrogen and oxygen atoms in total. The number of thioether (sulfide) groups is 1. The summed E-state index contributed by atoms with van der Waals surface area (Å²) in [5.74, 6) is 1.20. The van der Waals surface area contributed by atoms with Crippen LogP contribution in [0.5, 0.6) is 0 Å². The molecule has 0 spiro atoms. The number of carbonyl (C=O) groups is 1. The number of hydrogen-bond donors (Lipinski definition) is 2. The van der Waals surface area contributed by atoms with Crippen LogP contribution in [0.3, 0.4) is 0 Å². The average Bonchev–Trinajstić information content (AvgIpc) is 2.29. The van der Waals surface area contributed by atoms with E-state index in [4.69, 9.17) is 28.3 Å². The van der Waals surface area contributed by atoms with Crippen LogP contribution in [-0.2, 0) is 4.79 Å². The molecule has 0 aliphatic heterocycles. The molecule has 0 saturated heterocycles. The first kappa shape index (κ1) is 14.6. The number of benzene rings is 1. The van der Waals surface area contributed by atoms with Crippen molar-refractivity contribution in [3.8, 4) is 0 Å². The van der Waals surface area contributed by atoms with Crippen molar-refractivity contribution in [2.24, 2.45) is 0 Å². The molecule has 0 aromatic heterocycles. The van der Waals surface area contributed by atoms with Crippen LogP contribution in [0.4, 0.5) is 5.69 Å². The first-order valence-corrected chi connectivity index (χ1v) is 6.98. The Hall–Kier alpha value is -0.420. The van der Waals surface area contributed by atoms with Gasteiger partial charge in [-0.1, -0.05) is 23.2 Å². The summed E-state index contributed by atoms with van der Waals surface area (Å²) in [6.07, 6.45) is 0.382. The highest BCUT2D eigenvalue weighted by molar-refractivity contribution is 7.99. The number of hydrogen-bond acceptors (Lipinski definition) is 3. The van der Waals surface area contributed by atoms with Gasteiger partial charge in [0.15, 0.2) is 0 Å². The third kappa shape index (κ3) is 5.64. The summed E-state index contributed by atoms with van der Waals surface area (Å²) < 4.78 is 0. The third-order valence-electron chi connectivity index (χ3n) is 1.91. The Kier molecular flexibility index (Phi) is 6.73. The second-order valence-corrected chi connectivity index (χ2v) is 5.33. The largest absolute Gasteiger partial charge is 0.396 e. The number of rotatable bonds is 6. The monoisotopic (exact) mass is 293 g/mol. The molecular weight excluding hydrogens is 281 g/mol. The lowest BCUT2D eigenvalue weighted by molar-refractivity contribution is -0.115. The predicted octanol–water partition coefficient (Wildman–Crippen LogP) is 3.05. The number of nitrogens with one attached hydrogen (secondary N) is 1. The highest BCUT2D eigenvalue weighted by Gasteiger charge is 2.06. The van der Waals surface area contributed by atoms with Gasteiger partial charge in [0, 0.05) is 22.9 Å². The summed E-state index contributed by atoms with van der Waals surface area (Å²) in [5.41, 5.74) is 0.524. The fourth-order valence-electron chi connectivity index (χ4n) is 1.14. The summed E-state index contributed by atoms with van der Waals surface area (Å²) >= 11 is 13.2. The topological polar surface area (TPSA) is 49.3 Å². The Morgan fingerprint density at radius 3 is 2.82 bits per heavy atom. The molecule has 17 heavy (non-hydrogen) atoms. The zero-order chi connectivity index (χ0) is 12.7. The summed E-state index contributed by atoms with van der Waals surface area (Å²) in [4.78, 5) is 11.6. The lowest BCUT2D eigenvalue weighted by Crippen LogP contribution is -2.12. The van der Waals surface area contributed by atoms with Gasteiger partial charge in [0.1, 0.15) is 0 Å². The van der Waals surface area contributed by atoms with Crippen LogP contribution in [0.2, 0.25) is 10.0 Å². The van der Waals surface area contributed by atoms with Gasteiger partial charge < -0.3 is 10.4 Å². The lowest BCUT2D eigenvalue weighted by atomic mass is 10.3. The molecule has 0 radical (unpaired) electrons. The van der Waals surface area contributed by atoms with Crippen molar-refractivity contribution in [3.05, 3.63) is 28.2 Å². The van der Waals surface area contributed by atoms with E-state index < -0.39 is 0 Å². The van der Waals surface area contributed by atoms with Crippen molar-refractivity contribution in [1.82, 2.24) is 0 Å². The number of anilines is 1. The molecule has 0 aliphatic carbocycles. The molecule has 0 saturated carbocycles. The Labute approximate surface area is 114 Å². The standard InChI is InChI=1S/C11H13Cl2NO2S/c12-8-1-2-9(13)10(7-8)14-11(16)3-5-17-6-4-15/h1-2,7,15H,3-6H2,(H,14,16). The SMILES string of the molecule is O=C(CCSCCO)Nc1cc(Cl)ccc1Cl. The van der Waals surface area contributed by atoms with Crippen LogP contribution in [0.25, 0.3) is 0 Å². The molecule has 0 heterocycles. The van der Waals surface area contributed by atoms with Crippen molar-refractivity contribution in [1.29, 1.82) is 0 Å². The molecular formula is C11H13Cl2NO2S. The second kappa shape index (κ2) is 7.82. The number of aliphatic hydroxyl groups is 1. The van der Waals surface area contributed by atoms with Crippen molar-refractivity contribution in [3.63, 3.8) is 0 Å². The Balaban J connectivity index is 2.42. The van der Waals surface area contributed by atoms with Crippen molar-refractivity contribution < 1.29 is 9.90 Å². The predicted molar refractivity (Wildman–Crippen MR) is 74.1 cm³/mol. The zero-order valence-electron chi connectivity index (χ0n) is 9.08. The van der Waals surface area contributed by atoms with Gasteiger partial charge in [0.2, 0.25) is 5.91 Å². The molecule has 1 rings (SSSR count). The minimum absolute atomic E-state index is 0.111. The fraction of sp³-hybridized carbons (Fsp3) is 0.364. The van der Waals surface area contributed by atoms with E-state index in [9.17, 15) is 4.79 Å². The van der Waals surface area contributed by atoms with Crippen LogP contribution < -0.4 is 5.32 Å². The summed E-state index contributed by atoms with van der Waals surface area (Å²) in [7, 11) is 0. The number of amides is 1. The van der Waals surface area contributed by atoms with Gasteiger partial charge in [0.25, 0.3) is 0 Å². The molecule has 0 fully saturated rings. The Morgan fingerprint density at radius 1 is 1.35 bits per heavy atom. The molecule has 1 aromatic rings. The minimum atomic E-state index is -0.111. The second-order valence-electron chi connectivity index (χ2n) is 3.26. The first-order chi connectivity index (χ1) is 8.13. The number of carbonyl (C=O) groups excluding carboxylic acids is 1. The number of halogens is 2. The Bertz CT molecular complexity index is 388. The van der Waals surface area contributed by atoms with Crippen LogP contribution in [0.1, 0.15) is 6.42 Å². The van der Waals surface area contributed by atoms with Gasteiger partial charge in [-0.25, -0.2) is 0 Å². The Morgan fingerprint density at radius 2 is 2.12 bits per heavy atom. The van der Waals surface area contributed by atoms with Crippen LogP contribution in [-0.4, -0.2) is 29.1 Å². The smallest absolute Gasteiger partial charge is 0.225 e. The zero-order valence-corrected chi connectivity index (χ0v) is 11.4. The molecule has 6 heteroatoms. The lowest BCUT2D eigenvalue weighted by Gasteiger charge is -2.07. The van der Waals surface area contributed by atoms with Gasteiger partial charge in [-0.2, -0.15) is 11.8 Å². The van der Waals surface area contributed by atoms with E-state index in [0.717, 1.165) is 0 Å². The van der Waals surface area contributed by atoms with E-state index in [2.05, 4.69) is 5.32 Å². The fourth-order valence-corrected chi connectivity index (χ4v) is 2.14. The van der Waals surface area contributed by atoms with Gasteiger partial charge in [-0.3, -0.25) is 4.79 Å². The van der Waals surface area contributed by atoms with E-state index in [1.165, 1.54) is 11.8 Å². The summed E-state index contributed by atoms with van der Waals surface area (Å²) in [5, 5.41) is 12.3. The van der Waals surface area contributed by atoms with Crippen LogP contribution in [0.15, 0.2) is 18.2 Å². The van der Waals surface area contributed by atoms with E-state index in [0.29, 0.717) is 33.7 Å². The van der Waals surface area contributed by atoms with Crippen molar-refractivity contribution in [2.75, 3.05) is 23.4 Å². The highest BCUT2D eigenvalue weighted by atomic mass is 35.5. The molecule has 94 valence electrons. The highest BCUT2D eigenvalue weighted by Crippen LogP contribution is 2.25. The van der Waals surface area contributed by atoms with Crippen molar-refractivity contribution >= 4 is 46.6 Å². The van der Waals surface area contributed by atoms with Crippen LogP contribution in [0, 0.1) is 0 Å². The normalized spacial score (nSPS) is 10.3. The van der Waals surface area contributed by atoms with Gasteiger partial charge in [-0.15, -0.1) is 0 Å². The minimum Gasteiger partial charge on any atom is -0.396 e. The first-order valence-electron chi connectivity index (χ1n) is 5.07. The quantitative estimate of drug-likeness (QED) is 0.793. The van der Waals surface area contributed by atoms with Gasteiger partial charge >= 0.3 is 0 Å². The van der Waals surface area contributed by atoms with Gasteiger partial charge in [0.05, 0.1) is 17.3 Å². The van der Waals surface area contributed by atoms with E-state index in [1.54, 1.807) is 18.2 Å². The summed E-state index contributed by atoms with van der Waals surface area (Å²) in [6.45, 7) is 0.131. The van der Waals surface area contributed by atoms with Gasteiger partial charge in [-0.05, 0) is 18.2 Å². The molecule has 0 unspecified atom stereocenters. The van der Waals surface area contributed by atoms with Crippen LogP contribution >= 0.6 is 35.0 Å². The summed E-state index contributed by atoms with van der Waals surface area (Å²) in [6, 6.07) is 4.92.